The van der Waals surface area contributed by atoms with Crippen LogP contribution in [0.5, 0.6) is 0 Å². The van der Waals surface area contributed by atoms with Gasteiger partial charge in [-0.15, -0.1) is 0 Å². The Labute approximate surface area is 174 Å². The molecule has 1 aromatic carbocycles. The molecule has 10 heteroatoms. The molecule has 0 saturated heterocycles. The molecule has 1 aliphatic heterocycles. The number of rotatable bonds is 6. The van der Waals surface area contributed by atoms with E-state index < -0.39 is 22.0 Å². The summed E-state index contributed by atoms with van der Waals surface area (Å²) in [5, 5.41) is 18.4. The number of fused-ring (bicyclic) bond motifs is 1. The highest BCUT2D eigenvalue weighted by molar-refractivity contribution is 7.89. The molecule has 1 N–H and O–H groups in total. The van der Waals surface area contributed by atoms with E-state index in [9.17, 15) is 18.3 Å². The zero-order valence-corrected chi connectivity index (χ0v) is 17.5. The minimum absolute atomic E-state index is 0.0664. The Balaban J connectivity index is 1.55. The molecule has 0 aliphatic carbocycles. The molecule has 4 rings (SSSR count). The summed E-state index contributed by atoms with van der Waals surface area (Å²) in [5.74, 6) is -0.904. The molecule has 1 aliphatic rings. The summed E-state index contributed by atoms with van der Waals surface area (Å²) in [6.45, 7) is 4.46. The van der Waals surface area contributed by atoms with Crippen LogP contribution in [0.4, 0.5) is 0 Å². The van der Waals surface area contributed by atoms with Gasteiger partial charge in [-0.3, -0.25) is 9.48 Å². The van der Waals surface area contributed by atoms with Gasteiger partial charge in [0.15, 0.2) is 0 Å². The van der Waals surface area contributed by atoms with Gasteiger partial charge in [-0.25, -0.2) is 0 Å². The molecule has 3 aromatic rings. The Morgan fingerprint density at radius 2 is 1.93 bits per heavy atom. The molecule has 0 radical (unpaired) electrons. The highest BCUT2D eigenvalue weighted by Crippen LogP contribution is 2.29. The van der Waals surface area contributed by atoms with Crippen LogP contribution in [0.15, 0.2) is 53.8 Å². The van der Waals surface area contributed by atoms with E-state index in [1.165, 1.54) is 23.3 Å². The van der Waals surface area contributed by atoms with Gasteiger partial charge < -0.3 is 10.0 Å². The maximum atomic E-state index is 13.1. The first kappa shape index (κ1) is 20.3. The van der Waals surface area contributed by atoms with Crippen LogP contribution in [0.3, 0.4) is 0 Å². The fraction of sp³-hybridized carbons (Fsp3) is 0.350. The van der Waals surface area contributed by atoms with E-state index in [-0.39, 0.29) is 23.9 Å². The molecule has 3 heterocycles. The number of hydrogen-bond donors (Lipinski definition) is 1. The lowest BCUT2D eigenvalue weighted by Crippen LogP contribution is -2.36. The number of amides is 1. The number of aromatic nitrogens is 4. The van der Waals surface area contributed by atoms with Gasteiger partial charge in [-0.2, -0.15) is 22.7 Å². The Kier molecular flexibility index (Phi) is 5.20. The highest BCUT2D eigenvalue weighted by Gasteiger charge is 2.35. The average molecular weight is 430 g/mol. The van der Waals surface area contributed by atoms with Crippen molar-refractivity contribution in [3.8, 4) is 0 Å². The van der Waals surface area contributed by atoms with Crippen molar-refractivity contribution in [2.45, 2.75) is 50.4 Å². The van der Waals surface area contributed by atoms with Gasteiger partial charge in [0, 0.05) is 31.0 Å². The first-order chi connectivity index (χ1) is 14.3. The van der Waals surface area contributed by atoms with E-state index in [0.717, 1.165) is 9.65 Å². The molecule has 2 atom stereocenters. The predicted octanol–water partition coefficient (Wildman–Crippen LogP) is 1.34. The number of carbonyl (C=O) groups is 1. The summed E-state index contributed by atoms with van der Waals surface area (Å²) in [5.41, 5.74) is 1.95. The molecular weight excluding hydrogens is 406 g/mol. The fourth-order valence-corrected chi connectivity index (χ4v) is 4.77. The van der Waals surface area contributed by atoms with Gasteiger partial charge in [0.2, 0.25) is 5.91 Å². The maximum absolute atomic E-state index is 13.1. The number of aliphatic hydroxyl groups is 1. The number of benzene rings is 1. The van der Waals surface area contributed by atoms with Gasteiger partial charge in [-0.1, -0.05) is 30.3 Å². The second-order valence-electron chi connectivity index (χ2n) is 7.33. The number of carbonyl (C=O) groups excluding carboxylic acids is 1. The number of aliphatic hydroxyl groups excluding tert-OH is 1. The van der Waals surface area contributed by atoms with Crippen molar-refractivity contribution < 1.29 is 18.3 Å². The zero-order chi connectivity index (χ0) is 21.5. The smallest absolute Gasteiger partial charge is 0.286 e. The summed E-state index contributed by atoms with van der Waals surface area (Å²) in [6, 6.07) is 9.13. The number of nitrogens with zero attached hydrogens (tertiary/aromatic N) is 5. The second-order valence-corrected chi connectivity index (χ2v) is 9.13. The van der Waals surface area contributed by atoms with E-state index in [0.29, 0.717) is 17.8 Å². The van der Waals surface area contributed by atoms with Gasteiger partial charge in [0.25, 0.3) is 10.0 Å². The maximum Gasteiger partial charge on any atom is 0.286 e. The molecule has 0 spiro atoms. The minimum atomic E-state index is -3.84. The van der Waals surface area contributed by atoms with Crippen molar-refractivity contribution in [2.75, 3.05) is 0 Å². The second kappa shape index (κ2) is 7.69. The third-order valence-corrected chi connectivity index (χ3v) is 6.74. The van der Waals surface area contributed by atoms with Crippen molar-refractivity contribution in [1.82, 2.24) is 23.9 Å². The summed E-state index contributed by atoms with van der Waals surface area (Å²) in [4.78, 5) is 14.8. The van der Waals surface area contributed by atoms with Gasteiger partial charge in [-0.05, 0) is 19.4 Å². The Hall–Kier alpha value is -2.98. The topological polar surface area (TPSA) is 110 Å². The predicted molar refractivity (Wildman–Crippen MR) is 108 cm³/mol. The first-order valence-corrected chi connectivity index (χ1v) is 11.1. The fourth-order valence-electron chi connectivity index (χ4n) is 3.65. The molecule has 0 fully saturated rings. The van der Waals surface area contributed by atoms with Crippen molar-refractivity contribution in [2.24, 2.45) is 0 Å². The van der Waals surface area contributed by atoms with Crippen LogP contribution in [-0.2, 0) is 34.5 Å². The van der Waals surface area contributed by atoms with Crippen LogP contribution in [0.25, 0.3) is 0 Å². The van der Waals surface area contributed by atoms with E-state index in [1.807, 2.05) is 37.3 Å². The molecule has 0 saturated carbocycles. The highest BCUT2D eigenvalue weighted by atomic mass is 32.2. The average Bonchev–Trinajstić information content (AvgIpc) is 3.43. The third kappa shape index (κ3) is 3.52. The lowest BCUT2D eigenvalue weighted by Gasteiger charge is -2.25. The van der Waals surface area contributed by atoms with Crippen molar-refractivity contribution in [3.05, 3.63) is 65.7 Å². The van der Waals surface area contributed by atoms with E-state index >= 15 is 0 Å². The van der Waals surface area contributed by atoms with Crippen molar-refractivity contribution in [1.29, 1.82) is 0 Å². The zero-order valence-electron chi connectivity index (χ0n) is 16.7. The summed E-state index contributed by atoms with van der Waals surface area (Å²) in [7, 11) is -3.84. The Morgan fingerprint density at radius 3 is 2.53 bits per heavy atom. The molecule has 158 valence electrons. The molecule has 1 amide bonds. The lowest BCUT2D eigenvalue weighted by atomic mass is 9.93. The van der Waals surface area contributed by atoms with Gasteiger partial charge >= 0.3 is 0 Å². The van der Waals surface area contributed by atoms with Crippen LogP contribution in [0.2, 0.25) is 0 Å². The van der Waals surface area contributed by atoms with E-state index in [1.54, 1.807) is 11.8 Å². The first-order valence-electron chi connectivity index (χ1n) is 9.68. The number of aryl methyl sites for hydroxylation is 1. The molecule has 2 aromatic heterocycles. The Bertz CT molecular complexity index is 1140. The molecule has 0 bridgehead atoms. The molecule has 30 heavy (non-hydrogen) atoms. The minimum Gasteiger partial charge on any atom is -0.392 e. The standard InChI is InChI=1S/C20H23N5O4S/c1-3-24-12-17(9-21-24)30(28,29)25-11-16-10-23(13-18(16)22-25)20(27)19(14(2)26)15-7-5-4-6-8-15/h4-9,11-12,14,19,26H,3,10,13H2,1-2H3/t14-,19-/m1/s1. The van der Waals surface area contributed by atoms with Crippen LogP contribution < -0.4 is 0 Å². The summed E-state index contributed by atoms with van der Waals surface area (Å²) in [6.07, 6.45) is 3.35. The SMILES string of the molecule is CCn1cc(S(=O)(=O)n2cc3c(n2)CN(C(=O)[C@@H](c2ccccc2)[C@@H](C)O)C3)cn1. The largest absolute Gasteiger partial charge is 0.392 e. The van der Waals surface area contributed by atoms with Crippen LogP contribution in [0, 0.1) is 0 Å². The van der Waals surface area contributed by atoms with E-state index in [4.69, 9.17) is 0 Å². The molecule has 0 unspecified atom stereocenters. The van der Waals surface area contributed by atoms with Crippen molar-refractivity contribution in [3.63, 3.8) is 0 Å². The van der Waals surface area contributed by atoms with Gasteiger partial charge in [0.1, 0.15) is 4.90 Å². The van der Waals surface area contributed by atoms with Gasteiger partial charge in [0.05, 0.1) is 30.5 Å². The summed E-state index contributed by atoms with van der Waals surface area (Å²) < 4.78 is 28.1. The van der Waals surface area contributed by atoms with E-state index in [2.05, 4.69) is 10.2 Å². The van der Waals surface area contributed by atoms with Crippen molar-refractivity contribution >= 4 is 15.9 Å². The number of hydrogen-bond acceptors (Lipinski definition) is 6. The van der Waals surface area contributed by atoms with Crippen LogP contribution in [0.1, 0.15) is 36.6 Å². The van der Waals surface area contributed by atoms with Crippen LogP contribution in [-0.4, -0.2) is 49.4 Å². The summed E-state index contributed by atoms with van der Waals surface area (Å²) >= 11 is 0. The molecular formula is C20H23N5O4S. The quantitative estimate of drug-likeness (QED) is 0.633. The third-order valence-electron chi connectivity index (χ3n) is 5.25. The van der Waals surface area contributed by atoms with Crippen LogP contribution >= 0.6 is 0 Å². The normalized spacial score (nSPS) is 15.8. The monoisotopic (exact) mass is 429 g/mol. The lowest BCUT2D eigenvalue weighted by molar-refractivity contribution is -0.135. The molecule has 9 nitrogen and oxygen atoms in total. The Morgan fingerprint density at radius 1 is 1.20 bits per heavy atom.